The maximum absolute atomic E-state index is 12.3. The Morgan fingerprint density at radius 3 is 2.68 bits per heavy atom. The summed E-state index contributed by atoms with van der Waals surface area (Å²) in [5.41, 5.74) is 1.34. The van der Waals surface area contributed by atoms with E-state index >= 15 is 0 Å². The molecule has 31 heavy (non-hydrogen) atoms. The van der Waals surface area contributed by atoms with Crippen molar-refractivity contribution in [3.63, 3.8) is 0 Å². The molecule has 1 heterocycles. The van der Waals surface area contributed by atoms with Crippen molar-refractivity contribution in [3.05, 3.63) is 48.0 Å². The lowest BCUT2D eigenvalue weighted by molar-refractivity contribution is -0.140. The summed E-state index contributed by atoms with van der Waals surface area (Å²) in [5.74, 6) is 0.239. The molecule has 1 saturated heterocycles. The molecule has 172 valence electrons. The van der Waals surface area contributed by atoms with E-state index in [1.54, 1.807) is 0 Å². The number of likely N-dealkylation sites (tertiary alicyclic amines) is 1. The molecule has 0 aromatic heterocycles. The molecule has 1 aromatic carbocycles. The third-order valence-corrected chi connectivity index (χ3v) is 6.21. The highest BCUT2D eigenvalue weighted by Crippen LogP contribution is 2.22. The lowest BCUT2D eigenvalue weighted by Crippen LogP contribution is -2.33. The van der Waals surface area contributed by atoms with Gasteiger partial charge in [-0.05, 0) is 50.0 Å². The Balaban J connectivity index is 1.68. The molecule has 1 aromatic rings. The average molecular weight is 430 g/mol. The first-order valence-electron chi connectivity index (χ1n) is 11.8. The maximum atomic E-state index is 12.3. The lowest BCUT2D eigenvalue weighted by Gasteiger charge is -2.23. The van der Waals surface area contributed by atoms with E-state index in [4.69, 9.17) is 0 Å². The second kappa shape index (κ2) is 14.0. The highest BCUT2D eigenvalue weighted by atomic mass is 16.5. The summed E-state index contributed by atoms with van der Waals surface area (Å²) in [6.45, 7) is 2.83. The molecular weight excluding hydrogens is 390 g/mol. The Kier molecular flexibility index (Phi) is 11.4. The molecule has 0 bridgehead atoms. The fraction of sp³-hybridized carbons (Fsp3) is 0.615. The number of hydrogen-bond donors (Lipinski definition) is 1. The van der Waals surface area contributed by atoms with E-state index in [1.807, 2.05) is 23.1 Å². The molecule has 0 radical (unpaired) electrons. The van der Waals surface area contributed by atoms with Crippen LogP contribution in [0.25, 0.3) is 0 Å². The Bertz CT molecular complexity index is 688. The first kappa shape index (κ1) is 25.1. The number of carbonyl (C=O) groups is 2. The molecular formula is C26H39NO4. The van der Waals surface area contributed by atoms with E-state index in [9.17, 15) is 14.7 Å². The van der Waals surface area contributed by atoms with Gasteiger partial charge in [0.25, 0.3) is 0 Å². The average Bonchev–Trinajstić information content (AvgIpc) is 3.14. The summed E-state index contributed by atoms with van der Waals surface area (Å²) in [6.07, 6.45) is 12.1. The number of rotatable bonds is 14. The minimum Gasteiger partial charge on any atom is -0.469 e. The number of ether oxygens (including phenoxy) is 1. The fourth-order valence-electron chi connectivity index (χ4n) is 4.13. The monoisotopic (exact) mass is 429 g/mol. The van der Waals surface area contributed by atoms with Gasteiger partial charge in [0, 0.05) is 19.4 Å². The number of amides is 1. The minimum atomic E-state index is -0.480. The van der Waals surface area contributed by atoms with Crippen molar-refractivity contribution in [2.45, 2.75) is 83.3 Å². The quantitative estimate of drug-likeness (QED) is 0.265. The van der Waals surface area contributed by atoms with Crippen molar-refractivity contribution in [3.8, 4) is 0 Å². The number of nitrogens with zero attached hydrogens (tertiary/aromatic N) is 1. The Morgan fingerprint density at radius 2 is 1.94 bits per heavy atom. The van der Waals surface area contributed by atoms with Gasteiger partial charge in [-0.1, -0.05) is 62.2 Å². The molecule has 1 amide bonds. The van der Waals surface area contributed by atoms with Crippen molar-refractivity contribution < 1.29 is 19.4 Å². The normalized spacial score (nSPS) is 18.5. The molecule has 5 heteroatoms. The van der Waals surface area contributed by atoms with Crippen molar-refractivity contribution >= 4 is 11.9 Å². The molecule has 5 nitrogen and oxygen atoms in total. The maximum Gasteiger partial charge on any atom is 0.305 e. The number of aliphatic hydroxyl groups is 1. The van der Waals surface area contributed by atoms with Crippen LogP contribution in [0, 0.1) is 5.92 Å². The topological polar surface area (TPSA) is 66.8 Å². The van der Waals surface area contributed by atoms with Gasteiger partial charge >= 0.3 is 5.97 Å². The molecule has 1 aliphatic heterocycles. The van der Waals surface area contributed by atoms with Crippen molar-refractivity contribution in [2.75, 3.05) is 13.7 Å². The second-order valence-electron chi connectivity index (χ2n) is 8.66. The predicted molar refractivity (Wildman–Crippen MR) is 124 cm³/mol. The summed E-state index contributed by atoms with van der Waals surface area (Å²) >= 11 is 0. The van der Waals surface area contributed by atoms with E-state index in [0.29, 0.717) is 12.8 Å². The van der Waals surface area contributed by atoms with Gasteiger partial charge in [0.05, 0.1) is 19.3 Å². The van der Waals surface area contributed by atoms with Crippen molar-refractivity contribution in [2.24, 2.45) is 5.92 Å². The van der Waals surface area contributed by atoms with E-state index in [-0.39, 0.29) is 23.8 Å². The molecule has 0 saturated carbocycles. The highest BCUT2D eigenvalue weighted by Gasteiger charge is 2.28. The Morgan fingerprint density at radius 1 is 1.19 bits per heavy atom. The van der Waals surface area contributed by atoms with Gasteiger partial charge in [-0.2, -0.15) is 0 Å². The largest absolute Gasteiger partial charge is 0.469 e. The molecule has 0 spiro atoms. The zero-order chi connectivity index (χ0) is 22.5. The molecule has 2 rings (SSSR count). The Hall–Kier alpha value is -2.14. The van der Waals surface area contributed by atoms with Crippen molar-refractivity contribution in [1.82, 2.24) is 4.90 Å². The van der Waals surface area contributed by atoms with E-state index in [1.165, 1.54) is 12.7 Å². The zero-order valence-electron chi connectivity index (χ0n) is 19.2. The SMILES string of the molecule is COC(=O)CCCCCCN1C(=O)CCC1/C=C/C(O)C(C)CCCc1ccccc1. The number of aryl methyl sites for hydroxylation is 1. The number of aliphatic hydroxyl groups excluding tert-OH is 1. The summed E-state index contributed by atoms with van der Waals surface area (Å²) in [6, 6.07) is 10.5. The fourth-order valence-corrected chi connectivity index (χ4v) is 4.13. The third-order valence-electron chi connectivity index (χ3n) is 6.21. The standard InChI is InChI=1S/C26H39NO4/c1-21(11-10-14-22-12-6-5-7-13-22)24(28)18-16-23-17-19-25(29)27(23)20-9-4-3-8-15-26(30)31-2/h5-7,12-13,16,18,21,23-24,28H,3-4,8-11,14-15,17,19-20H2,1-2H3/b18-16+. The van der Waals surface area contributed by atoms with Gasteiger partial charge in [-0.3, -0.25) is 9.59 Å². The zero-order valence-corrected chi connectivity index (χ0v) is 19.2. The van der Waals surface area contributed by atoms with Crippen molar-refractivity contribution in [1.29, 1.82) is 0 Å². The first-order chi connectivity index (χ1) is 15.0. The third kappa shape index (κ3) is 9.26. The summed E-state index contributed by atoms with van der Waals surface area (Å²) in [5, 5.41) is 10.5. The summed E-state index contributed by atoms with van der Waals surface area (Å²) in [7, 11) is 1.41. The van der Waals surface area contributed by atoms with E-state index in [0.717, 1.165) is 57.9 Å². The second-order valence-corrected chi connectivity index (χ2v) is 8.66. The van der Waals surface area contributed by atoms with Crippen LogP contribution in [-0.2, 0) is 20.7 Å². The predicted octanol–water partition coefficient (Wildman–Crippen LogP) is 4.68. The van der Waals surface area contributed by atoms with Crippen LogP contribution in [0.1, 0.15) is 70.3 Å². The summed E-state index contributed by atoms with van der Waals surface area (Å²) < 4.78 is 4.65. The van der Waals surface area contributed by atoms with Gasteiger partial charge in [0.15, 0.2) is 0 Å². The van der Waals surface area contributed by atoms with Crippen LogP contribution >= 0.6 is 0 Å². The van der Waals surface area contributed by atoms with Crippen LogP contribution in [0.3, 0.4) is 0 Å². The highest BCUT2D eigenvalue weighted by molar-refractivity contribution is 5.79. The number of esters is 1. The number of benzene rings is 1. The van der Waals surface area contributed by atoms with Crippen LogP contribution in [0.4, 0.5) is 0 Å². The molecule has 3 atom stereocenters. The van der Waals surface area contributed by atoms with Crippen LogP contribution < -0.4 is 0 Å². The first-order valence-corrected chi connectivity index (χ1v) is 11.8. The number of methoxy groups -OCH3 is 1. The van der Waals surface area contributed by atoms with Gasteiger partial charge in [-0.25, -0.2) is 0 Å². The summed E-state index contributed by atoms with van der Waals surface area (Å²) in [4.78, 5) is 25.3. The molecule has 1 aliphatic rings. The van der Waals surface area contributed by atoms with Gasteiger partial charge in [0.2, 0.25) is 5.91 Å². The lowest BCUT2D eigenvalue weighted by atomic mass is 9.95. The molecule has 3 unspecified atom stereocenters. The number of unbranched alkanes of at least 4 members (excludes halogenated alkanes) is 3. The minimum absolute atomic E-state index is 0.0914. The number of hydrogen-bond acceptors (Lipinski definition) is 4. The van der Waals surface area contributed by atoms with E-state index < -0.39 is 6.10 Å². The molecule has 1 fully saturated rings. The van der Waals surface area contributed by atoms with Gasteiger partial charge in [0.1, 0.15) is 0 Å². The van der Waals surface area contributed by atoms with Crippen LogP contribution in [-0.4, -0.2) is 47.7 Å². The molecule has 1 N–H and O–H groups in total. The van der Waals surface area contributed by atoms with Crippen LogP contribution in [0.15, 0.2) is 42.5 Å². The van der Waals surface area contributed by atoms with Gasteiger partial charge in [-0.15, -0.1) is 0 Å². The van der Waals surface area contributed by atoms with Crippen LogP contribution in [0.5, 0.6) is 0 Å². The Labute approximate surface area is 187 Å². The number of carbonyl (C=O) groups excluding carboxylic acids is 2. The van der Waals surface area contributed by atoms with Crippen LogP contribution in [0.2, 0.25) is 0 Å². The van der Waals surface area contributed by atoms with Gasteiger partial charge < -0.3 is 14.7 Å². The van der Waals surface area contributed by atoms with E-state index in [2.05, 4.69) is 35.9 Å². The smallest absolute Gasteiger partial charge is 0.305 e. The molecule has 0 aliphatic carbocycles.